The lowest BCUT2D eigenvalue weighted by atomic mass is 10.2. The van der Waals surface area contributed by atoms with Crippen LogP contribution in [0.1, 0.15) is 23.6 Å². The summed E-state index contributed by atoms with van der Waals surface area (Å²) in [5.74, 6) is 1.92. The quantitative estimate of drug-likeness (QED) is 0.415. The second-order valence-corrected chi connectivity index (χ2v) is 9.23. The van der Waals surface area contributed by atoms with Crippen molar-refractivity contribution in [1.29, 1.82) is 0 Å². The maximum Gasteiger partial charge on any atom is 0.320 e. The van der Waals surface area contributed by atoms with Crippen molar-refractivity contribution in [2.24, 2.45) is 0 Å². The van der Waals surface area contributed by atoms with Gasteiger partial charge in [-0.05, 0) is 32.0 Å². The van der Waals surface area contributed by atoms with Crippen molar-refractivity contribution < 1.29 is 14.2 Å². The molecule has 0 spiro atoms. The van der Waals surface area contributed by atoms with Gasteiger partial charge < -0.3 is 31.0 Å². The summed E-state index contributed by atoms with van der Waals surface area (Å²) in [5, 5.41) is 4.23. The van der Waals surface area contributed by atoms with Gasteiger partial charge in [-0.15, -0.1) is 11.3 Å². The molecule has 10 nitrogen and oxygen atoms in total. The van der Waals surface area contributed by atoms with Crippen LogP contribution in [0.2, 0.25) is 0 Å². The van der Waals surface area contributed by atoms with E-state index in [4.69, 9.17) is 30.7 Å². The summed E-state index contributed by atoms with van der Waals surface area (Å²) in [6.45, 7) is 9.49. The third-order valence-corrected chi connectivity index (χ3v) is 6.57. The van der Waals surface area contributed by atoms with E-state index >= 15 is 0 Å². The third-order valence-electron chi connectivity index (χ3n) is 5.53. The molecule has 3 aromatic rings. The fourth-order valence-electron chi connectivity index (χ4n) is 3.78. The van der Waals surface area contributed by atoms with Gasteiger partial charge in [0.15, 0.2) is 11.5 Å². The highest BCUT2D eigenvalue weighted by Crippen LogP contribution is 2.36. The summed E-state index contributed by atoms with van der Waals surface area (Å²) in [4.78, 5) is 16.4. The van der Waals surface area contributed by atoms with Gasteiger partial charge in [0.25, 0.3) is 0 Å². The number of nitrogens with zero attached hydrogens (tertiary/aromatic N) is 4. The number of thiazole rings is 1. The van der Waals surface area contributed by atoms with Crippen molar-refractivity contribution in [2.45, 2.75) is 20.0 Å². The molecule has 1 aromatic carbocycles. The fourth-order valence-corrected chi connectivity index (χ4v) is 4.77. The molecule has 4 rings (SSSR count). The Kier molecular flexibility index (Phi) is 7.66. The number of aromatic nitrogens is 3. The Hall–Kier alpha value is -3.15. The summed E-state index contributed by atoms with van der Waals surface area (Å²) in [7, 11) is 1.65. The number of nitrogens with one attached hydrogen (secondary N) is 1. The van der Waals surface area contributed by atoms with Gasteiger partial charge in [-0.3, -0.25) is 4.90 Å². The van der Waals surface area contributed by atoms with Gasteiger partial charge in [0.05, 0.1) is 12.8 Å². The molecule has 0 radical (unpaired) electrons. The van der Waals surface area contributed by atoms with E-state index in [1.807, 2.05) is 32.0 Å². The Labute approximate surface area is 203 Å². The molecule has 5 N–H and O–H groups in total. The number of piperazine rings is 1. The molecule has 1 fully saturated rings. The molecule has 2 aromatic heterocycles. The molecule has 0 amide bonds. The molecule has 1 aliphatic heterocycles. The van der Waals surface area contributed by atoms with Crippen molar-refractivity contribution in [3.63, 3.8) is 0 Å². The van der Waals surface area contributed by atoms with Crippen LogP contribution in [-0.4, -0.2) is 66.3 Å². The van der Waals surface area contributed by atoms with Gasteiger partial charge >= 0.3 is 6.01 Å². The first-order chi connectivity index (χ1) is 16.4. The van der Waals surface area contributed by atoms with E-state index < -0.39 is 0 Å². The average Bonchev–Trinajstić information content (AvgIpc) is 3.21. The third kappa shape index (κ3) is 5.85. The van der Waals surface area contributed by atoms with Crippen LogP contribution in [0.15, 0.2) is 24.3 Å². The zero-order valence-corrected chi connectivity index (χ0v) is 20.5. The Bertz CT molecular complexity index is 1100. The number of benzene rings is 1. The topological polar surface area (TPSA) is 134 Å². The molecule has 0 unspecified atom stereocenters. The van der Waals surface area contributed by atoms with Crippen molar-refractivity contribution in [1.82, 2.24) is 25.2 Å². The van der Waals surface area contributed by atoms with Gasteiger partial charge in [-0.2, -0.15) is 9.97 Å². The molecule has 0 bridgehead atoms. The van der Waals surface area contributed by atoms with Gasteiger partial charge in [-0.1, -0.05) is 0 Å². The summed E-state index contributed by atoms with van der Waals surface area (Å²) in [5.41, 5.74) is 13.3. The number of anilines is 2. The van der Waals surface area contributed by atoms with Crippen LogP contribution in [0.5, 0.6) is 17.5 Å². The highest BCUT2D eigenvalue weighted by molar-refractivity contribution is 7.15. The maximum atomic E-state index is 6.10. The Morgan fingerprint density at radius 1 is 1.09 bits per heavy atom. The molecule has 0 saturated carbocycles. The van der Waals surface area contributed by atoms with Crippen LogP contribution in [0.25, 0.3) is 10.6 Å². The maximum absolute atomic E-state index is 6.10. The average molecular weight is 486 g/mol. The lowest BCUT2D eigenvalue weighted by Gasteiger charge is -2.27. The van der Waals surface area contributed by atoms with Gasteiger partial charge in [0, 0.05) is 49.2 Å². The molecule has 1 atom stereocenters. The predicted octanol–water partition coefficient (Wildman–Crippen LogP) is 2.51. The zero-order chi connectivity index (χ0) is 24.1. The van der Waals surface area contributed by atoms with Crippen molar-refractivity contribution in [3.8, 4) is 28.1 Å². The normalized spacial score (nSPS) is 15.1. The van der Waals surface area contributed by atoms with Gasteiger partial charge in [0.1, 0.15) is 29.4 Å². The van der Waals surface area contributed by atoms with Crippen LogP contribution in [-0.2, 0) is 0 Å². The number of nitrogens with two attached hydrogens (primary N) is 2. The Balaban J connectivity index is 1.48. The minimum Gasteiger partial charge on any atom is -0.493 e. The lowest BCUT2D eigenvalue weighted by molar-refractivity contribution is 0.188. The molecule has 1 saturated heterocycles. The van der Waals surface area contributed by atoms with Gasteiger partial charge in [-0.25, -0.2) is 4.98 Å². The minimum absolute atomic E-state index is 0.128. The first kappa shape index (κ1) is 24.0. The SMILES string of the molecule is COc1ccc(-c2nc([C@@H](C)Oc3nc(N)cc(N)n3)c(C)s2)cc1OCCN1CCNCC1. The molecule has 34 heavy (non-hydrogen) atoms. The number of methoxy groups -OCH3 is 1. The van der Waals surface area contributed by atoms with Crippen LogP contribution in [0.4, 0.5) is 11.6 Å². The molecular weight excluding hydrogens is 454 g/mol. The van der Waals surface area contributed by atoms with E-state index in [9.17, 15) is 0 Å². The largest absolute Gasteiger partial charge is 0.493 e. The molecule has 1 aliphatic rings. The second kappa shape index (κ2) is 10.9. The number of hydrogen-bond acceptors (Lipinski definition) is 11. The highest BCUT2D eigenvalue weighted by Gasteiger charge is 2.19. The number of nitrogen functional groups attached to an aromatic ring is 2. The monoisotopic (exact) mass is 485 g/mol. The van der Waals surface area contributed by atoms with E-state index in [2.05, 4.69) is 20.2 Å². The van der Waals surface area contributed by atoms with E-state index in [0.29, 0.717) is 18.1 Å². The van der Waals surface area contributed by atoms with Crippen LogP contribution in [0.3, 0.4) is 0 Å². The minimum atomic E-state index is -0.376. The van der Waals surface area contributed by atoms with Crippen molar-refractivity contribution in [2.75, 3.05) is 57.9 Å². The van der Waals surface area contributed by atoms with E-state index in [1.54, 1.807) is 18.4 Å². The van der Waals surface area contributed by atoms with E-state index in [0.717, 1.165) is 53.9 Å². The molecule has 11 heteroatoms. The predicted molar refractivity (Wildman–Crippen MR) is 134 cm³/mol. The zero-order valence-electron chi connectivity index (χ0n) is 19.7. The van der Waals surface area contributed by atoms with Crippen molar-refractivity contribution in [3.05, 3.63) is 34.8 Å². The molecule has 182 valence electrons. The number of ether oxygens (including phenoxy) is 3. The molecule has 3 heterocycles. The summed E-state index contributed by atoms with van der Waals surface area (Å²) in [6.07, 6.45) is -0.376. The number of hydrogen-bond donors (Lipinski definition) is 3. The lowest BCUT2D eigenvalue weighted by Crippen LogP contribution is -2.44. The van der Waals surface area contributed by atoms with Crippen molar-refractivity contribution >= 4 is 23.0 Å². The number of rotatable bonds is 9. The van der Waals surface area contributed by atoms with Gasteiger partial charge in [0.2, 0.25) is 0 Å². The van der Waals surface area contributed by atoms with E-state index in [1.165, 1.54) is 6.07 Å². The molecule has 0 aliphatic carbocycles. The second-order valence-electron chi connectivity index (χ2n) is 8.03. The smallest absolute Gasteiger partial charge is 0.320 e. The molecular formula is C23H31N7O3S. The Morgan fingerprint density at radius 3 is 2.53 bits per heavy atom. The van der Waals surface area contributed by atoms with Crippen LogP contribution >= 0.6 is 11.3 Å². The first-order valence-corrected chi connectivity index (χ1v) is 12.0. The fraction of sp³-hybridized carbons (Fsp3) is 0.435. The van der Waals surface area contributed by atoms with E-state index in [-0.39, 0.29) is 23.8 Å². The summed E-state index contributed by atoms with van der Waals surface area (Å²) < 4.78 is 17.5. The summed E-state index contributed by atoms with van der Waals surface area (Å²) >= 11 is 1.59. The highest BCUT2D eigenvalue weighted by atomic mass is 32.1. The van der Waals surface area contributed by atoms with Crippen LogP contribution < -0.4 is 31.0 Å². The number of aryl methyl sites for hydroxylation is 1. The van der Waals surface area contributed by atoms with Crippen LogP contribution in [0, 0.1) is 6.92 Å². The Morgan fingerprint density at radius 2 is 1.82 bits per heavy atom. The first-order valence-electron chi connectivity index (χ1n) is 11.2. The standard InChI is InChI=1S/C23H31N7O3S/c1-14(33-23-27-19(24)13-20(25)28-23)21-15(2)34-22(29-21)16-4-5-17(31-3)18(12-16)32-11-10-30-8-6-26-7-9-30/h4-5,12-14,26H,6-11H2,1-3H3,(H4,24,25,27,28)/t14-/m1/s1. The summed E-state index contributed by atoms with van der Waals surface area (Å²) in [6, 6.07) is 7.48.